The van der Waals surface area contributed by atoms with Gasteiger partial charge in [-0.15, -0.1) is 5.10 Å². The van der Waals surface area contributed by atoms with Crippen LogP contribution < -0.4 is 5.32 Å². The van der Waals surface area contributed by atoms with Crippen LogP contribution in [0.5, 0.6) is 0 Å². The molecule has 0 aliphatic carbocycles. The maximum Gasteiger partial charge on any atom is 0.183 e. The van der Waals surface area contributed by atoms with Crippen molar-refractivity contribution >= 4 is 27.9 Å². The standard InChI is InChI=1S/C16H16FN7/c1-9-11(12-7-10(17)3-4-13(12)21-9)5-6-18-15-14-16(20-8-19-15)24(2)23-22-14/h3-4,7-8,21H,5-6H2,1-2H3,(H,18,19,20). The number of hydrogen-bond donors (Lipinski definition) is 2. The summed E-state index contributed by atoms with van der Waals surface area (Å²) in [6.45, 7) is 2.64. The molecule has 1 aromatic carbocycles. The molecule has 0 aliphatic rings. The molecular weight excluding hydrogens is 309 g/mol. The summed E-state index contributed by atoms with van der Waals surface area (Å²) in [5.41, 5.74) is 4.41. The van der Waals surface area contributed by atoms with Gasteiger partial charge in [-0.2, -0.15) is 0 Å². The smallest absolute Gasteiger partial charge is 0.183 e. The highest BCUT2D eigenvalue weighted by molar-refractivity contribution is 5.85. The number of aromatic amines is 1. The van der Waals surface area contributed by atoms with Crippen molar-refractivity contribution in [3.8, 4) is 0 Å². The van der Waals surface area contributed by atoms with Gasteiger partial charge in [-0.1, -0.05) is 5.21 Å². The second-order valence-corrected chi connectivity index (χ2v) is 5.70. The van der Waals surface area contributed by atoms with E-state index in [1.165, 1.54) is 12.4 Å². The van der Waals surface area contributed by atoms with E-state index in [4.69, 9.17) is 0 Å². The topological polar surface area (TPSA) is 84.3 Å². The Hall–Kier alpha value is -3.03. The molecule has 8 heteroatoms. The van der Waals surface area contributed by atoms with Gasteiger partial charge in [-0.25, -0.2) is 19.0 Å². The zero-order valence-electron chi connectivity index (χ0n) is 13.3. The number of nitrogens with one attached hydrogen (secondary N) is 2. The highest BCUT2D eigenvalue weighted by Crippen LogP contribution is 2.24. The number of H-pyrrole nitrogens is 1. The van der Waals surface area contributed by atoms with Gasteiger partial charge in [0.25, 0.3) is 0 Å². The number of benzene rings is 1. The second-order valence-electron chi connectivity index (χ2n) is 5.70. The van der Waals surface area contributed by atoms with Gasteiger partial charge in [-0.3, -0.25) is 0 Å². The minimum atomic E-state index is -0.229. The van der Waals surface area contributed by atoms with Crippen LogP contribution in [0.1, 0.15) is 11.3 Å². The van der Waals surface area contributed by atoms with Crippen LogP contribution in [0.3, 0.4) is 0 Å². The van der Waals surface area contributed by atoms with Crippen LogP contribution in [-0.4, -0.2) is 36.5 Å². The molecule has 0 unspecified atom stereocenters. The van der Waals surface area contributed by atoms with Crippen molar-refractivity contribution in [1.29, 1.82) is 0 Å². The maximum atomic E-state index is 13.5. The van der Waals surface area contributed by atoms with Gasteiger partial charge in [0, 0.05) is 30.2 Å². The van der Waals surface area contributed by atoms with Crippen molar-refractivity contribution in [3.63, 3.8) is 0 Å². The third kappa shape index (κ3) is 2.36. The summed E-state index contributed by atoms with van der Waals surface area (Å²) < 4.78 is 15.1. The number of hydrogen-bond acceptors (Lipinski definition) is 5. The Bertz CT molecular complexity index is 1030. The first kappa shape index (κ1) is 14.6. The molecule has 122 valence electrons. The predicted octanol–water partition coefficient (Wildman–Crippen LogP) is 2.34. The number of fused-ring (bicyclic) bond motifs is 2. The van der Waals surface area contributed by atoms with E-state index in [9.17, 15) is 4.39 Å². The summed E-state index contributed by atoms with van der Waals surface area (Å²) in [5.74, 6) is 0.421. The van der Waals surface area contributed by atoms with E-state index in [0.29, 0.717) is 23.5 Å². The number of aryl methyl sites for hydroxylation is 2. The first-order valence-electron chi connectivity index (χ1n) is 7.64. The van der Waals surface area contributed by atoms with Gasteiger partial charge in [0.2, 0.25) is 0 Å². The lowest BCUT2D eigenvalue weighted by molar-refractivity contribution is 0.629. The number of anilines is 1. The van der Waals surface area contributed by atoms with E-state index in [1.54, 1.807) is 23.9 Å². The van der Waals surface area contributed by atoms with Crippen molar-refractivity contribution in [2.75, 3.05) is 11.9 Å². The molecule has 0 fully saturated rings. The Morgan fingerprint density at radius 3 is 3.04 bits per heavy atom. The SMILES string of the molecule is Cc1[nH]c2ccc(F)cc2c1CCNc1ncnc2c1nnn2C. The number of nitrogens with zero attached hydrogens (tertiary/aromatic N) is 5. The minimum Gasteiger partial charge on any atom is -0.368 e. The third-order valence-corrected chi connectivity index (χ3v) is 4.14. The summed E-state index contributed by atoms with van der Waals surface area (Å²) in [7, 11) is 1.79. The van der Waals surface area contributed by atoms with Crippen molar-refractivity contribution in [2.24, 2.45) is 7.05 Å². The molecule has 0 atom stereocenters. The van der Waals surface area contributed by atoms with Gasteiger partial charge in [0.1, 0.15) is 12.1 Å². The van der Waals surface area contributed by atoms with Gasteiger partial charge in [0.05, 0.1) is 0 Å². The Labute approximate surface area is 136 Å². The normalized spacial score (nSPS) is 11.5. The molecular formula is C16H16FN7. The summed E-state index contributed by atoms with van der Waals surface area (Å²) in [5, 5.41) is 12.2. The van der Waals surface area contributed by atoms with Crippen LogP contribution in [0, 0.1) is 12.7 Å². The van der Waals surface area contributed by atoms with Gasteiger partial charge >= 0.3 is 0 Å². The molecule has 0 bridgehead atoms. The molecule has 0 radical (unpaired) electrons. The Morgan fingerprint density at radius 2 is 2.17 bits per heavy atom. The van der Waals surface area contributed by atoms with Crippen molar-refractivity contribution in [3.05, 3.63) is 41.6 Å². The maximum absolute atomic E-state index is 13.5. The fourth-order valence-corrected chi connectivity index (χ4v) is 2.96. The van der Waals surface area contributed by atoms with Gasteiger partial charge < -0.3 is 10.3 Å². The van der Waals surface area contributed by atoms with Crippen LogP contribution in [-0.2, 0) is 13.5 Å². The lowest BCUT2D eigenvalue weighted by Crippen LogP contribution is -2.07. The summed E-state index contributed by atoms with van der Waals surface area (Å²) in [6.07, 6.45) is 2.22. The van der Waals surface area contributed by atoms with Crippen molar-refractivity contribution in [1.82, 2.24) is 29.9 Å². The van der Waals surface area contributed by atoms with Crippen molar-refractivity contribution < 1.29 is 4.39 Å². The molecule has 4 aromatic rings. The van der Waals surface area contributed by atoms with E-state index < -0.39 is 0 Å². The van der Waals surface area contributed by atoms with E-state index in [1.807, 2.05) is 6.92 Å². The summed E-state index contributed by atoms with van der Waals surface area (Å²) in [4.78, 5) is 11.7. The Morgan fingerprint density at radius 1 is 1.29 bits per heavy atom. The Balaban J connectivity index is 1.57. The molecule has 3 aromatic heterocycles. The monoisotopic (exact) mass is 325 g/mol. The molecule has 2 N–H and O–H groups in total. The summed E-state index contributed by atoms with van der Waals surface area (Å²) >= 11 is 0. The second kappa shape index (κ2) is 5.55. The molecule has 0 spiro atoms. The minimum absolute atomic E-state index is 0.229. The summed E-state index contributed by atoms with van der Waals surface area (Å²) in [6, 6.07) is 4.80. The van der Waals surface area contributed by atoms with Crippen LogP contribution in [0.2, 0.25) is 0 Å². The predicted molar refractivity (Wildman–Crippen MR) is 89.3 cm³/mol. The van der Waals surface area contributed by atoms with Crippen LogP contribution in [0.15, 0.2) is 24.5 Å². The first-order chi connectivity index (χ1) is 11.6. The lowest BCUT2D eigenvalue weighted by Gasteiger charge is -2.06. The molecule has 7 nitrogen and oxygen atoms in total. The third-order valence-electron chi connectivity index (χ3n) is 4.14. The van der Waals surface area contributed by atoms with Crippen LogP contribution in [0.4, 0.5) is 10.2 Å². The fraction of sp³-hybridized carbons (Fsp3) is 0.250. The first-order valence-corrected chi connectivity index (χ1v) is 7.64. The average molecular weight is 325 g/mol. The fourth-order valence-electron chi connectivity index (χ4n) is 2.96. The zero-order chi connectivity index (χ0) is 16.7. The number of halogens is 1. The van der Waals surface area contributed by atoms with Gasteiger partial charge in [-0.05, 0) is 37.1 Å². The van der Waals surface area contributed by atoms with Gasteiger partial charge in [0.15, 0.2) is 17.0 Å². The van der Waals surface area contributed by atoms with Crippen LogP contribution >= 0.6 is 0 Å². The quantitative estimate of drug-likeness (QED) is 0.602. The van der Waals surface area contributed by atoms with Crippen LogP contribution in [0.25, 0.3) is 22.1 Å². The van der Waals surface area contributed by atoms with E-state index in [0.717, 1.165) is 28.6 Å². The molecule has 0 saturated carbocycles. The average Bonchev–Trinajstić information content (AvgIpc) is 3.09. The molecule has 3 heterocycles. The van der Waals surface area contributed by atoms with E-state index >= 15 is 0 Å². The molecule has 0 aliphatic heterocycles. The largest absolute Gasteiger partial charge is 0.368 e. The lowest BCUT2D eigenvalue weighted by atomic mass is 10.1. The Kier molecular flexibility index (Phi) is 3.37. The number of aromatic nitrogens is 6. The van der Waals surface area contributed by atoms with E-state index in [-0.39, 0.29) is 5.82 Å². The highest BCUT2D eigenvalue weighted by atomic mass is 19.1. The molecule has 4 rings (SSSR count). The molecule has 0 saturated heterocycles. The molecule has 0 amide bonds. The number of rotatable bonds is 4. The van der Waals surface area contributed by atoms with Crippen molar-refractivity contribution in [2.45, 2.75) is 13.3 Å². The highest BCUT2D eigenvalue weighted by Gasteiger charge is 2.11. The molecule has 24 heavy (non-hydrogen) atoms. The van der Waals surface area contributed by atoms with E-state index in [2.05, 4.69) is 30.6 Å². The zero-order valence-corrected chi connectivity index (χ0v) is 13.3.